The summed E-state index contributed by atoms with van der Waals surface area (Å²) in [6.45, 7) is 0. The SMILES string of the molecule is Cn1c(SCC(=O)Nc2cc(Cl)c(Cl)cc2Cl)nnc1C1CC1c1ccccc1. The van der Waals surface area contributed by atoms with Crippen LogP contribution in [0, 0.1) is 0 Å². The molecule has 150 valence electrons. The lowest BCUT2D eigenvalue weighted by Crippen LogP contribution is -2.15. The number of hydrogen-bond donors (Lipinski definition) is 1. The van der Waals surface area contributed by atoms with Crippen LogP contribution in [-0.2, 0) is 11.8 Å². The number of carbonyl (C=O) groups is 1. The third-order valence-corrected chi connectivity index (χ3v) is 6.89. The number of halogens is 3. The van der Waals surface area contributed by atoms with Gasteiger partial charge in [-0.1, -0.05) is 76.9 Å². The first-order chi connectivity index (χ1) is 13.9. The fraction of sp³-hybridized carbons (Fsp3) is 0.250. The Morgan fingerprint density at radius 3 is 2.59 bits per heavy atom. The monoisotopic (exact) mass is 466 g/mol. The predicted molar refractivity (Wildman–Crippen MR) is 118 cm³/mol. The first-order valence-corrected chi connectivity index (χ1v) is 11.1. The summed E-state index contributed by atoms with van der Waals surface area (Å²) in [6.07, 6.45) is 1.07. The smallest absolute Gasteiger partial charge is 0.234 e. The minimum atomic E-state index is -0.214. The zero-order valence-electron chi connectivity index (χ0n) is 15.4. The van der Waals surface area contributed by atoms with Crippen molar-refractivity contribution in [3.8, 4) is 0 Å². The van der Waals surface area contributed by atoms with Gasteiger partial charge in [0.25, 0.3) is 0 Å². The van der Waals surface area contributed by atoms with Crippen molar-refractivity contribution in [2.75, 3.05) is 11.1 Å². The fourth-order valence-corrected chi connectivity index (χ4v) is 4.57. The number of amides is 1. The van der Waals surface area contributed by atoms with Gasteiger partial charge in [-0.25, -0.2) is 0 Å². The first kappa shape index (κ1) is 20.5. The molecule has 0 saturated heterocycles. The fourth-order valence-electron chi connectivity index (χ4n) is 3.26. The average Bonchev–Trinajstić information content (AvgIpc) is 3.41. The lowest BCUT2D eigenvalue weighted by molar-refractivity contribution is -0.113. The maximum atomic E-state index is 12.3. The van der Waals surface area contributed by atoms with Crippen LogP contribution in [0.1, 0.15) is 29.6 Å². The van der Waals surface area contributed by atoms with Crippen molar-refractivity contribution in [3.05, 3.63) is 68.9 Å². The number of hydrogen-bond acceptors (Lipinski definition) is 4. The molecule has 1 fully saturated rings. The van der Waals surface area contributed by atoms with Gasteiger partial charge in [-0.2, -0.15) is 0 Å². The number of rotatable bonds is 6. The summed E-state index contributed by atoms with van der Waals surface area (Å²) in [5, 5.41) is 13.1. The van der Waals surface area contributed by atoms with E-state index in [-0.39, 0.29) is 11.7 Å². The second-order valence-corrected chi connectivity index (χ2v) is 9.01. The van der Waals surface area contributed by atoms with Gasteiger partial charge >= 0.3 is 0 Å². The Bertz CT molecular complexity index is 1060. The van der Waals surface area contributed by atoms with Crippen molar-refractivity contribution in [3.63, 3.8) is 0 Å². The van der Waals surface area contributed by atoms with Crippen LogP contribution < -0.4 is 5.32 Å². The Morgan fingerprint density at radius 2 is 1.83 bits per heavy atom. The molecule has 0 spiro atoms. The molecule has 2 atom stereocenters. The Hall–Kier alpha value is -1.73. The molecule has 2 unspecified atom stereocenters. The molecule has 0 bridgehead atoms. The summed E-state index contributed by atoms with van der Waals surface area (Å²) in [5.41, 5.74) is 1.75. The summed E-state index contributed by atoms with van der Waals surface area (Å²) < 4.78 is 1.97. The van der Waals surface area contributed by atoms with Gasteiger partial charge in [0.2, 0.25) is 5.91 Å². The third kappa shape index (κ3) is 4.56. The molecule has 1 saturated carbocycles. The molecule has 1 aliphatic carbocycles. The highest BCUT2D eigenvalue weighted by molar-refractivity contribution is 7.99. The maximum Gasteiger partial charge on any atom is 0.234 e. The zero-order chi connectivity index (χ0) is 20.5. The summed E-state index contributed by atoms with van der Waals surface area (Å²) in [5.74, 6) is 1.77. The molecule has 2 aromatic carbocycles. The number of nitrogens with one attached hydrogen (secondary N) is 1. The number of nitrogens with zero attached hydrogens (tertiary/aromatic N) is 3. The predicted octanol–water partition coefficient (Wildman–Crippen LogP) is 5.78. The quantitative estimate of drug-likeness (QED) is 0.369. The Balaban J connectivity index is 1.36. The lowest BCUT2D eigenvalue weighted by Gasteiger charge is -2.08. The number of anilines is 1. The maximum absolute atomic E-state index is 12.3. The van der Waals surface area contributed by atoms with Crippen LogP contribution in [0.4, 0.5) is 5.69 Å². The summed E-state index contributed by atoms with van der Waals surface area (Å²) in [6, 6.07) is 13.5. The van der Waals surface area contributed by atoms with Crippen molar-refractivity contribution < 1.29 is 4.79 Å². The standard InChI is InChI=1S/C20H17Cl3N4OS/c1-27-19(13-7-12(13)11-5-3-2-4-6-11)25-26-20(27)29-10-18(28)24-17-9-15(22)14(21)8-16(17)23/h2-6,8-9,12-13H,7,10H2,1H3,(H,24,28). The Morgan fingerprint density at radius 1 is 1.10 bits per heavy atom. The minimum absolute atomic E-state index is 0.176. The van der Waals surface area contributed by atoms with E-state index in [2.05, 4.69) is 39.8 Å². The van der Waals surface area contributed by atoms with Crippen LogP contribution in [0.15, 0.2) is 47.6 Å². The summed E-state index contributed by atoms with van der Waals surface area (Å²) in [4.78, 5) is 12.3. The van der Waals surface area contributed by atoms with E-state index < -0.39 is 0 Å². The Kier molecular flexibility index (Phi) is 6.06. The van der Waals surface area contributed by atoms with Gasteiger partial charge in [0.1, 0.15) is 5.82 Å². The molecule has 1 heterocycles. The van der Waals surface area contributed by atoms with E-state index in [0.29, 0.717) is 37.7 Å². The van der Waals surface area contributed by atoms with Gasteiger partial charge in [0.15, 0.2) is 5.16 Å². The van der Waals surface area contributed by atoms with Crippen molar-refractivity contribution in [1.29, 1.82) is 0 Å². The van der Waals surface area contributed by atoms with Crippen LogP contribution >= 0.6 is 46.6 Å². The molecule has 1 amide bonds. The highest BCUT2D eigenvalue weighted by Crippen LogP contribution is 2.54. The van der Waals surface area contributed by atoms with E-state index in [9.17, 15) is 4.79 Å². The van der Waals surface area contributed by atoms with Crippen molar-refractivity contribution in [2.45, 2.75) is 23.4 Å². The third-order valence-electron chi connectivity index (χ3n) is 4.83. The molecule has 1 aliphatic rings. The highest BCUT2D eigenvalue weighted by Gasteiger charge is 2.42. The molecule has 3 aromatic rings. The van der Waals surface area contributed by atoms with E-state index in [0.717, 1.165) is 12.2 Å². The molecule has 29 heavy (non-hydrogen) atoms. The largest absolute Gasteiger partial charge is 0.324 e. The highest BCUT2D eigenvalue weighted by atomic mass is 35.5. The zero-order valence-corrected chi connectivity index (χ0v) is 18.5. The van der Waals surface area contributed by atoms with Crippen molar-refractivity contribution >= 4 is 58.2 Å². The molecule has 9 heteroatoms. The molecule has 5 nitrogen and oxygen atoms in total. The van der Waals surface area contributed by atoms with Gasteiger partial charge in [-0.3, -0.25) is 4.79 Å². The van der Waals surface area contributed by atoms with E-state index in [1.807, 2.05) is 17.7 Å². The number of carbonyl (C=O) groups excluding carboxylic acids is 1. The lowest BCUT2D eigenvalue weighted by atomic mass is 10.1. The van der Waals surface area contributed by atoms with E-state index in [1.54, 1.807) is 0 Å². The topological polar surface area (TPSA) is 59.8 Å². The molecule has 4 rings (SSSR count). The normalized spacial score (nSPS) is 17.9. The number of aromatic nitrogens is 3. The molecule has 1 N–H and O–H groups in total. The average molecular weight is 468 g/mol. The second kappa shape index (κ2) is 8.56. The van der Waals surface area contributed by atoms with Crippen LogP contribution in [0.25, 0.3) is 0 Å². The van der Waals surface area contributed by atoms with Gasteiger partial charge in [0.05, 0.1) is 26.5 Å². The van der Waals surface area contributed by atoms with Crippen molar-refractivity contribution in [2.24, 2.45) is 7.05 Å². The molecule has 1 aromatic heterocycles. The molecular weight excluding hydrogens is 451 g/mol. The van der Waals surface area contributed by atoms with E-state index >= 15 is 0 Å². The van der Waals surface area contributed by atoms with Crippen LogP contribution in [0.3, 0.4) is 0 Å². The van der Waals surface area contributed by atoms with Crippen LogP contribution in [0.5, 0.6) is 0 Å². The summed E-state index contributed by atoms with van der Waals surface area (Å²) in [7, 11) is 1.94. The van der Waals surface area contributed by atoms with Crippen molar-refractivity contribution in [1.82, 2.24) is 14.8 Å². The Labute approximate surface area is 187 Å². The molecule has 0 aliphatic heterocycles. The van der Waals surface area contributed by atoms with Gasteiger partial charge < -0.3 is 9.88 Å². The first-order valence-electron chi connectivity index (χ1n) is 8.95. The van der Waals surface area contributed by atoms with Crippen LogP contribution in [0.2, 0.25) is 15.1 Å². The van der Waals surface area contributed by atoms with E-state index in [1.165, 1.54) is 29.5 Å². The minimum Gasteiger partial charge on any atom is -0.324 e. The van der Waals surface area contributed by atoms with Gasteiger partial charge in [-0.05, 0) is 30.0 Å². The van der Waals surface area contributed by atoms with Gasteiger partial charge in [-0.15, -0.1) is 10.2 Å². The van der Waals surface area contributed by atoms with E-state index in [4.69, 9.17) is 34.8 Å². The number of benzene rings is 2. The van der Waals surface area contributed by atoms with Gasteiger partial charge in [0, 0.05) is 13.0 Å². The molecular formula is C20H17Cl3N4OS. The second-order valence-electron chi connectivity index (χ2n) is 6.84. The van der Waals surface area contributed by atoms with Crippen LogP contribution in [-0.4, -0.2) is 26.4 Å². The summed E-state index contributed by atoms with van der Waals surface area (Å²) >= 11 is 19.3. The molecule has 0 radical (unpaired) electrons. The number of thioether (sulfide) groups is 1.